The van der Waals surface area contributed by atoms with Crippen molar-refractivity contribution in [3.05, 3.63) is 45.9 Å². The highest BCUT2D eigenvalue weighted by atomic mass is 35.5. The molecule has 0 bridgehead atoms. The fourth-order valence-corrected chi connectivity index (χ4v) is 2.33. The minimum absolute atomic E-state index is 0.279. The third kappa shape index (κ3) is 3.81. The molecule has 0 atom stereocenters. The predicted octanol–water partition coefficient (Wildman–Crippen LogP) is 4.27. The van der Waals surface area contributed by atoms with E-state index in [1.165, 1.54) is 27.4 Å². The quantitative estimate of drug-likeness (QED) is 0.869. The minimum Gasteiger partial charge on any atom is -0.496 e. The smallest absolute Gasteiger partial charge is 0.259 e. The van der Waals surface area contributed by atoms with Gasteiger partial charge in [-0.1, -0.05) is 23.2 Å². The van der Waals surface area contributed by atoms with Gasteiger partial charge in [0, 0.05) is 17.2 Å². The molecule has 1 N–H and O–H groups in total. The lowest BCUT2D eigenvalue weighted by Crippen LogP contribution is -2.14. The van der Waals surface area contributed by atoms with Crippen LogP contribution in [0.15, 0.2) is 30.3 Å². The summed E-state index contributed by atoms with van der Waals surface area (Å²) in [6, 6.07) is 7.91. The molecule has 1 amide bonds. The standard InChI is InChI=1S/C16H15Cl2NO4/c1-21-13-8-15(23-3)14(22-2)7-10(13)16(20)19-12-6-9(17)4-5-11(12)18/h4-8H,1-3H3,(H,19,20). The molecule has 23 heavy (non-hydrogen) atoms. The van der Waals surface area contributed by atoms with E-state index in [4.69, 9.17) is 37.4 Å². The SMILES string of the molecule is COc1cc(OC)c(C(=O)Nc2cc(Cl)ccc2Cl)cc1OC. The van der Waals surface area contributed by atoms with Crippen LogP contribution in [0.1, 0.15) is 10.4 Å². The molecule has 5 nitrogen and oxygen atoms in total. The Hall–Kier alpha value is -2.11. The van der Waals surface area contributed by atoms with E-state index < -0.39 is 5.91 Å². The summed E-state index contributed by atoms with van der Waals surface area (Å²) < 4.78 is 15.6. The molecule has 2 aromatic rings. The fourth-order valence-electron chi connectivity index (χ4n) is 1.99. The van der Waals surface area contributed by atoms with Crippen LogP contribution >= 0.6 is 23.2 Å². The number of rotatable bonds is 5. The maximum absolute atomic E-state index is 12.5. The van der Waals surface area contributed by atoms with Crippen molar-refractivity contribution in [3.8, 4) is 17.2 Å². The van der Waals surface area contributed by atoms with E-state index in [0.29, 0.717) is 33.0 Å². The van der Waals surface area contributed by atoms with Gasteiger partial charge in [-0.15, -0.1) is 0 Å². The van der Waals surface area contributed by atoms with Crippen molar-refractivity contribution in [3.63, 3.8) is 0 Å². The molecule has 0 aliphatic rings. The summed E-state index contributed by atoms with van der Waals surface area (Å²) in [4.78, 5) is 12.5. The topological polar surface area (TPSA) is 56.8 Å². The zero-order valence-electron chi connectivity index (χ0n) is 12.8. The van der Waals surface area contributed by atoms with Crippen molar-refractivity contribution in [1.29, 1.82) is 0 Å². The Balaban J connectivity index is 2.40. The number of anilines is 1. The van der Waals surface area contributed by atoms with Crippen molar-refractivity contribution in [2.75, 3.05) is 26.6 Å². The first-order valence-electron chi connectivity index (χ1n) is 6.56. The number of methoxy groups -OCH3 is 3. The summed E-state index contributed by atoms with van der Waals surface area (Å²) in [5, 5.41) is 3.54. The summed E-state index contributed by atoms with van der Waals surface area (Å²) in [6.45, 7) is 0. The molecule has 0 aliphatic heterocycles. The van der Waals surface area contributed by atoms with Crippen molar-refractivity contribution in [2.45, 2.75) is 0 Å². The Bertz CT molecular complexity index is 734. The maximum Gasteiger partial charge on any atom is 0.259 e. The van der Waals surface area contributed by atoms with Gasteiger partial charge in [-0.25, -0.2) is 0 Å². The Labute approximate surface area is 144 Å². The van der Waals surface area contributed by atoms with Gasteiger partial charge in [-0.3, -0.25) is 4.79 Å². The first-order valence-corrected chi connectivity index (χ1v) is 7.32. The molecule has 0 aromatic heterocycles. The van der Waals surface area contributed by atoms with E-state index in [9.17, 15) is 4.79 Å². The summed E-state index contributed by atoms with van der Waals surface area (Å²) in [5.41, 5.74) is 0.683. The van der Waals surface area contributed by atoms with Gasteiger partial charge in [0.05, 0.1) is 37.6 Å². The van der Waals surface area contributed by atoms with Crippen LogP contribution in [0.25, 0.3) is 0 Å². The van der Waals surface area contributed by atoms with Crippen LogP contribution in [0.5, 0.6) is 17.2 Å². The number of nitrogens with one attached hydrogen (secondary N) is 1. The van der Waals surface area contributed by atoms with Crippen LogP contribution in [0.4, 0.5) is 5.69 Å². The molecule has 0 unspecified atom stereocenters. The second-order valence-corrected chi connectivity index (χ2v) is 5.33. The van der Waals surface area contributed by atoms with E-state index in [1.807, 2.05) is 0 Å². The number of carbonyl (C=O) groups is 1. The van der Waals surface area contributed by atoms with Gasteiger partial charge in [0.15, 0.2) is 11.5 Å². The van der Waals surface area contributed by atoms with Gasteiger partial charge >= 0.3 is 0 Å². The lowest BCUT2D eigenvalue weighted by molar-refractivity contribution is 0.102. The predicted molar refractivity (Wildman–Crippen MR) is 90.5 cm³/mol. The highest BCUT2D eigenvalue weighted by molar-refractivity contribution is 6.35. The van der Waals surface area contributed by atoms with Crippen LogP contribution in [0.3, 0.4) is 0 Å². The molecule has 2 rings (SSSR count). The lowest BCUT2D eigenvalue weighted by Gasteiger charge is -2.14. The lowest BCUT2D eigenvalue weighted by atomic mass is 10.1. The van der Waals surface area contributed by atoms with E-state index in [1.54, 1.807) is 24.3 Å². The van der Waals surface area contributed by atoms with Crippen LogP contribution in [0, 0.1) is 0 Å². The van der Waals surface area contributed by atoms with Gasteiger partial charge in [0.2, 0.25) is 0 Å². The number of hydrogen-bond donors (Lipinski definition) is 1. The number of carbonyl (C=O) groups excluding carboxylic acids is 1. The molecular formula is C16H15Cl2NO4. The van der Waals surface area contributed by atoms with Crippen LogP contribution in [0.2, 0.25) is 10.0 Å². The van der Waals surface area contributed by atoms with Gasteiger partial charge in [-0.2, -0.15) is 0 Å². The third-order valence-corrected chi connectivity index (χ3v) is 3.69. The number of hydrogen-bond acceptors (Lipinski definition) is 4. The van der Waals surface area contributed by atoms with E-state index in [0.717, 1.165) is 0 Å². The van der Waals surface area contributed by atoms with E-state index in [-0.39, 0.29) is 5.56 Å². The second kappa shape index (κ2) is 7.44. The third-order valence-electron chi connectivity index (χ3n) is 3.13. The molecule has 0 radical (unpaired) electrons. The molecule has 0 spiro atoms. The maximum atomic E-state index is 12.5. The monoisotopic (exact) mass is 355 g/mol. The zero-order chi connectivity index (χ0) is 17.0. The van der Waals surface area contributed by atoms with Gasteiger partial charge < -0.3 is 19.5 Å². The first kappa shape index (κ1) is 17.2. The largest absolute Gasteiger partial charge is 0.496 e. The summed E-state index contributed by atoms with van der Waals surface area (Å²) in [7, 11) is 4.45. The average molecular weight is 356 g/mol. The molecule has 122 valence electrons. The first-order chi connectivity index (χ1) is 11.0. The average Bonchev–Trinajstić information content (AvgIpc) is 2.56. The highest BCUT2D eigenvalue weighted by Crippen LogP contribution is 2.35. The van der Waals surface area contributed by atoms with Gasteiger partial charge in [-0.05, 0) is 18.2 Å². The molecule has 0 heterocycles. The van der Waals surface area contributed by atoms with Crippen molar-refractivity contribution < 1.29 is 19.0 Å². The summed E-state index contributed by atoms with van der Waals surface area (Å²) in [6.07, 6.45) is 0. The number of ether oxygens (including phenoxy) is 3. The van der Waals surface area contributed by atoms with Crippen molar-refractivity contribution >= 4 is 34.8 Å². The highest BCUT2D eigenvalue weighted by Gasteiger charge is 2.18. The molecular weight excluding hydrogens is 341 g/mol. The van der Waals surface area contributed by atoms with E-state index in [2.05, 4.69) is 5.32 Å². The normalized spacial score (nSPS) is 10.1. The van der Waals surface area contributed by atoms with Crippen LogP contribution < -0.4 is 19.5 Å². The van der Waals surface area contributed by atoms with Gasteiger partial charge in [0.25, 0.3) is 5.91 Å². The fraction of sp³-hybridized carbons (Fsp3) is 0.188. The minimum atomic E-state index is -0.410. The summed E-state index contributed by atoms with van der Waals surface area (Å²) >= 11 is 12.0. The Kier molecular flexibility index (Phi) is 5.58. The van der Waals surface area contributed by atoms with E-state index >= 15 is 0 Å². The number of amides is 1. The van der Waals surface area contributed by atoms with Crippen LogP contribution in [-0.2, 0) is 0 Å². The van der Waals surface area contributed by atoms with Crippen LogP contribution in [-0.4, -0.2) is 27.2 Å². The Morgan fingerprint density at radius 1 is 0.913 bits per heavy atom. The molecule has 0 saturated heterocycles. The molecule has 0 saturated carbocycles. The molecule has 7 heteroatoms. The molecule has 2 aromatic carbocycles. The molecule has 0 fully saturated rings. The Morgan fingerprint density at radius 2 is 1.52 bits per heavy atom. The Morgan fingerprint density at radius 3 is 2.13 bits per heavy atom. The number of halogens is 2. The number of benzene rings is 2. The summed E-state index contributed by atoms with van der Waals surface area (Å²) in [5.74, 6) is 0.808. The zero-order valence-corrected chi connectivity index (χ0v) is 14.3. The van der Waals surface area contributed by atoms with Gasteiger partial charge in [0.1, 0.15) is 5.75 Å². The van der Waals surface area contributed by atoms with Crippen molar-refractivity contribution in [2.24, 2.45) is 0 Å². The molecule has 0 aliphatic carbocycles. The second-order valence-electron chi connectivity index (χ2n) is 4.49. The van der Waals surface area contributed by atoms with Crippen molar-refractivity contribution in [1.82, 2.24) is 0 Å².